The van der Waals surface area contributed by atoms with E-state index in [1.165, 1.54) is 5.56 Å². The Morgan fingerprint density at radius 3 is 2.29 bits per heavy atom. The first-order valence-electron chi connectivity index (χ1n) is 7.73. The molecule has 1 aromatic carbocycles. The minimum absolute atomic E-state index is 0.176. The molecular weight excluding hydrogens is 260 g/mol. The highest BCUT2D eigenvalue weighted by molar-refractivity contribution is 5.31. The minimum atomic E-state index is 0.176. The van der Waals surface area contributed by atoms with Crippen LogP contribution in [0, 0.1) is 0 Å². The summed E-state index contributed by atoms with van der Waals surface area (Å²) in [6.45, 7) is 12.3. The summed E-state index contributed by atoms with van der Waals surface area (Å²) in [5.74, 6) is 0.907. The van der Waals surface area contributed by atoms with Crippen LogP contribution >= 0.6 is 0 Å². The van der Waals surface area contributed by atoms with E-state index in [-0.39, 0.29) is 5.41 Å². The van der Waals surface area contributed by atoms with Crippen molar-refractivity contribution in [2.45, 2.75) is 59.6 Å². The van der Waals surface area contributed by atoms with Gasteiger partial charge in [0.05, 0.1) is 11.4 Å². The maximum absolute atomic E-state index is 5.90. The topological polar surface area (TPSA) is 27.1 Å². The van der Waals surface area contributed by atoms with Crippen LogP contribution in [0.25, 0.3) is 0 Å². The van der Waals surface area contributed by atoms with Gasteiger partial charge in [-0.3, -0.25) is 4.68 Å². The van der Waals surface area contributed by atoms with Gasteiger partial charge in [-0.25, -0.2) is 0 Å². The second kappa shape index (κ2) is 6.33. The number of hydrogen-bond donors (Lipinski definition) is 0. The Morgan fingerprint density at radius 2 is 1.76 bits per heavy atom. The molecule has 0 spiro atoms. The van der Waals surface area contributed by atoms with E-state index in [9.17, 15) is 0 Å². The van der Waals surface area contributed by atoms with E-state index in [0.717, 1.165) is 30.1 Å². The molecule has 0 aliphatic rings. The Balaban J connectivity index is 2.04. The van der Waals surface area contributed by atoms with Crippen LogP contribution in [0.2, 0.25) is 0 Å². The average Bonchev–Trinajstić information content (AvgIpc) is 2.87. The molecule has 2 aromatic rings. The summed E-state index contributed by atoms with van der Waals surface area (Å²) in [4.78, 5) is 0. The van der Waals surface area contributed by atoms with Crippen molar-refractivity contribution in [2.24, 2.45) is 0 Å². The lowest BCUT2D eigenvalue weighted by Crippen LogP contribution is -2.10. The zero-order valence-corrected chi connectivity index (χ0v) is 13.8. The molecule has 1 aromatic heterocycles. The first kappa shape index (κ1) is 15.6. The maximum atomic E-state index is 5.90. The van der Waals surface area contributed by atoms with Crippen molar-refractivity contribution in [3.8, 4) is 5.75 Å². The molecule has 0 fully saturated rings. The Bertz CT molecular complexity index is 576. The number of aromatic nitrogens is 2. The molecule has 3 heteroatoms. The van der Waals surface area contributed by atoms with Gasteiger partial charge < -0.3 is 4.74 Å². The smallest absolute Gasteiger partial charge is 0.130 e. The van der Waals surface area contributed by atoms with Crippen molar-refractivity contribution in [3.63, 3.8) is 0 Å². The second-order valence-corrected chi connectivity index (χ2v) is 6.36. The maximum Gasteiger partial charge on any atom is 0.130 e. The molecular formula is C18H26N2O. The predicted octanol–water partition coefficient (Wildman–Crippen LogP) is 4.34. The molecule has 0 saturated heterocycles. The van der Waals surface area contributed by atoms with Gasteiger partial charge in [-0.1, -0.05) is 39.8 Å². The Morgan fingerprint density at radius 1 is 1.10 bits per heavy atom. The van der Waals surface area contributed by atoms with Crippen molar-refractivity contribution in [2.75, 3.05) is 0 Å². The predicted molar refractivity (Wildman–Crippen MR) is 86.8 cm³/mol. The van der Waals surface area contributed by atoms with E-state index in [1.54, 1.807) is 0 Å². The lowest BCUT2D eigenvalue weighted by molar-refractivity contribution is 0.292. The first-order chi connectivity index (χ1) is 9.94. The van der Waals surface area contributed by atoms with Gasteiger partial charge >= 0.3 is 0 Å². The first-order valence-corrected chi connectivity index (χ1v) is 7.73. The highest BCUT2D eigenvalue weighted by atomic mass is 16.5. The van der Waals surface area contributed by atoms with Crippen LogP contribution < -0.4 is 4.74 Å². The molecule has 114 valence electrons. The van der Waals surface area contributed by atoms with Crippen LogP contribution in [-0.4, -0.2) is 9.78 Å². The van der Waals surface area contributed by atoms with Crippen molar-refractivity contribution < 1.29 is 4.74 Å². The number of rotatable bonds is 5. The number of ether oxygens (including phenoxy) is 1. The van der Waals surface area contributed by atoms with Crippen LogP contribution in [-0.2, 0) is 25.0 Å². The average molecular weight is 286 g/mol. The van der Waals surface area contributed by atoms with Crippen LogP contribution in [0.4, 0.5) is 0 Å². The molecule has 0 radical (unpaired) electrons. The van der Waals surface area contributed by atoms with E-state index < -0.39 is 0 Å². The highest BCUT2D eigenvalue weighted by Crippen LogP contribution is 2.24. The van der Waals surface area contributed by atoms with Gasteiger partial charge in [0.1, 0.15) is 12.4 Å². The normalized spacial score (nSPS) is 11.7. The fourth-order valence-electron chi connectivity index (χ4n) is 2.29. The third kappa shape index (κ3) is 3.87. The van der Waals surface area contributed by atoms with Gasteiger partial charge in [0.2, 0.25) is 0 Å². The van der Waals surface area contributed by atoms with Gasteiger partial charge in [-0.2, -0.15) is 5.10 Å². The molecule has 2 rings (SSSR count). The molecule has 0 aliphatic heterocycles. The van der Waals surface area contributed by atoms with E-state index >= 15 is 0 Å². The second-order valence-electron chi connectivity index (χ2n) is 6.36. The number of aryl methyl sites for hydroxylation is 2. The summed E-state index contributed by atoms with van der Waals surface area (Å²) in [6.07, 6.45) is 0.959. The van der Waals surface area contributed by atoms with Crippen LogP contribution in [0.1, 0.15) is 51.6 Å². The Labute approximate surface area is 127 Å². The number of benzene rings is 1. The quantitative estimate of drug-likeness (QED) is 0.817. The summed E-state index contributed by atoms with van der Waals surface area (Å²) >= 11 is 0. The third-order valence-electron chi connectivity index (χ3n) is 3.68. The Kier molecular flexibility index (Phi) is 4.71. The van der Waals surface area contributed by atoms with Crippen molar-refractivity contribution >= 4 is 0 Å². The van der Waals surface area contributed by atoms with Crippen LogP contribution in [0.5, 0.6) is 5.75 Å². The molecule has 0 saturated carbocycles. The van der Waals surface area contributed by atoms with Crippen molar-refractivity contribution in [1.29, 1.82) is 0 Å². The van der Waals surface area contributed by atoms with E-state index in [1.807, 2.05) is 16.8 Å². The Hall–Kier alpha value is -1.77. The monoisotopic (exact) mass is 286 g/mol. The van der Waals surface area contributed by atoms with Gasteiger partial charge in [0.25, 0.3) is 0 Å². The summed E-state index contributed by atoms with van der Waals surface area (Å²) < 4.78 is 7.92. The molecule has 0 unspecified atom stereocenters. The lowest BCUT2D eigenvalue weighted by Gasteiger charge is -2.19. The molecule has 21 heavy (non-hydrogen) atoms. The fraction of sp³-hybridized carbons (Fsp3) is 0.500. The van der Waals surface area contributed by atoms with Crippen molar-refractivity contribution in [1.82, 2.24) is 9.78 Å². The van der Waals surface area contributed by atoms with Crippen LogP contribution in [0.3, 0.4) is 0 Å². The van der Waals surface area contributed by atoms with Crippen LogP contribution in [0.15, 0.2) is 30.3 Å². The number of hydrogen-bond acceptors (Lipinski definition) is 2. The summed E-state index contributed by atoms with van der Waals surface area (Å²) in [5, 5.41) is 4.54. The standard InChI is InChI=1S/C18H26N2O/c1-6-15-12-16(20(7-2)19-15)13-21-17-10-8-14(9-11-17)18(3,4)5/h8-12H,6-7,13H2,1-5H3. The summed E-state index contributed by atoms with van der Waals surface area (Å²) in [7, 11) is 0. The zero-order chi connectivity index (χ0) is 15.5. The van der Waals surface area contributed by atoms with Gasteiger partial charge in [0, 0.05) is 6.54 Å². The van der Waals surface area contributed by atoms with Gasteiger partial charge in [-0.15, -0.1) is 0 Å². The highest BCUT2D eigenvalue weighted by Gasteiger charge is 2.13. The van der Waals surface area contributed by atoms with E-state index in [2.05, 4.69) is 57.9 Å². The minimum Gasteiger partial charge on any atom is -0.487 e. The lowest BCUT2D eigenvalue weighted by atomic mass is 9.87. The molecule has 3 nitrogen and oxygen atoms in total. The molecule has 0 aliphatic carbocycles. The largest absolute Gasteiger partial charge is 0.487 e. The van der Waals surface area contributed by atoms with E-state index in [0.29, 0.717) is 6.61 Å². The third-order valence-corrected chi connectivity index (χ3v) is 3.68. The molecule has 0 amide bonds. The number of nitrogens with zero attached hydrogens (tertiary/aromatic N) is 2. The van der Waals surface area contributed by atoms with E-state index in [4.69, 9.17) is 4.74 Å². The van der Waals surface area contributed by atoms with Gasteiger partial charge in [0.15, 0.2) is 0 Å². The zero-order valence-electron chi connectivity index (χ0n) is 13.8. The van der Waals surface area contributed by atoms with Gasteiger partial charge in [-0.05, 0) is 42.5 Å². The molecule has 0 bridgehead atoms. The fourth-order valence-corrected chi connectivity index (χ4v) is 2.29. The molecule has 1 heterocycles. The molecule has 0 N–H and O–H groups in total. The summed E-state index contributed by atoms with van der Waals surface area (Å²) in [6, 6.07) is 10.5. The molecule has 0 atom stereocenters. The summed E-state index contributed by atoms with van der Waals surface area (Å²) in [5.41, 5.74) is 3.75. The van der Waals surface area contributed by atoms with Crippen molar-refractivity contribution in [3.05, 3.63) is 47.3 Å². The SMILES string of the molecule is CCc1cc(COc2ccc(C(C)(C)C)cc2)n(CC)n1.